The fraction of sp³-hybridized carbons (Fsp3) is 0.0698. The fourth-order valence-electron chi connectivity index (χ4n) is 6.89. The van der Waals surface area contributed by atoms with Gasteiger partial charge in [0, 0.05) is 11.1 Å². The van der Waals surface area contributed by atoms with Gasteiger partial charge in [0.2, 0.25) is 0 Å². The van der Waals surface area contributed by atoms with Gasteiger partial charge >= 0.3 is 20.2 Å². The highest BCUT2D eigenvalue weighted by Crippen LogP contribution is 2.57. The van der Waals surface area contributed by atoms with E-state index < -0.39 is 37.3 Å². The zero-order valence-electron chi connectivity index (χ0n) is 28.5. The maximum absolute atomic E-state index is 13.6. The average Bonchev–Trinajstić information content (AvgIpc) is 3.45. The normalized spacial score (nSPS) is 13.6. The molecule has 1 aliphatic rings. The molecule has 53 heavy (non-hydrogen) atoms. The van der Waals surface area contributed by atoms with Crippen molar-refractivity contribution in [2.24, 2.45) is 0 Å². The third-order valence-corrected chi connectivity index (χ3v) is 11.6. The first kappa shape index (κ1) is 35.6. The molecule has 0 unspecified atom stereocenters. The number of rotatable bonds is 10. The van der Waals surface area contributed by atoms with Gasteiger partial charge in [-0.25, -0.2) is 8.78 Å². The SMILES string of the molecule is CC=Cc1cc(C2(c3ccc(OS(=O)(=O)c4ccc(F)cc4)c(C=CC)c3)c3ccccc3-c3ccccc32)ccc1OS(=O)(=O)c1ccc(F)cc1. The van der Waals surface area contributed by atoms with E-state index in [1.165, 1.54) is 0 Å². The molecule has 1 aliphatic carbocycles. The Labute approximate surface area is 307 Å². The minimum absolute atomic E-state index is 0.0789. The summed E-state index contributed by atoms with van der Waals surface area (Å²) in [6.45, 7) is 3.62. The van der Waals surface area contributed by atoms with Crippen molar-refractivity contribution in [1.82, 2.24) is 0 Å². The van der Waals surface area contributed by atoms with E-state index in [4.69, 9.17) is 8.37 Å². The number of benzene rings is 6. The first-order valence-electron chi connectivity index (χ1n) is 16.6. The molecule has 0 amide bonds. The molecule has 0 saturated carbocycles. The second-order valence-electron chi connectivity index (χ2n) is 12.3. The van der Waals surface area contributed by atoms with Crippen LogP contribution >= 0.6 is 0 Å². The lowest BCUT2D eigenvalue weighted by molar-refractivity contribution is 0.483. The maximum Gasteiger partial charge on any atom is 0.339 e. The Morgan fingerprint density at radius 2 is 0.887 bits per heavy atom. The van der Waals surface area contributed by atoms with Crippen LogP contribution in [0.2, 0.25) is 0 Å². The molecule has 7 rings (SSSR count). The van der Waals surface area contributed by atoms with E-state index in [1.807, 2.05) is 74.5 Å². The minimum atomic E-state index is -4.31. The molecule has 0 aromatic heterocycles. The van der Waals surface area contributed by atoms with Gasteiger partial charge in [0.25, 0.3) is 0 Å². The Balaban J connectivity index is 1.43. The van der Waals surface area contributed by atoms with Crippen molar-refractivity contribution in [3.63, 3.8) is 0 Å². The maximum atomic E-state index is 13.6. The molecule has 0 N–H and O–H groups in total. The van der Waals surface area contributed by atoms with Gasteiger partial charge in [-0.05, 0) is 120 Å². The summed E-state index contributed by atoms with van der Waals surface area (Å²) in [5, 5.41) is 0. The quantitative estimate of drug-likeness (QED) is 0.130. The molecule has 0 fully saturated rings. The number of hydrogen-bond donors (Lipinski definition) is 0. The van der Waals surface area contributed by atoms with E-state index in [0.29, 0.717) is 11.1 Å². The van der Waals surface area contributed by atoms with Crippen LogP contribution in [-0.4, -0.2) is 16.8 Å². The molecule has 10 heteroatoms. The van der Waals surface area contributed by atoms with Crippen LogP contribution in [0.4, 0.5) is 8.78 Å². The lowest BCUT2D eigenvalue weighted by atomic mass is 9.67. The third kappa shape index (κ3) is 6.45. The second-order valence-corrected chi connectivity index (χ2v) is 15.4. The molecule has 0 saturated heterocycles. The Bertz CT molecular complexity index is 2450. The fourth-order valence-corrected chi connectivity index (χ4v) is 8.80. The smallest absolute Gasteiger partial charge is 0.339 e. The molecule has 266 valence electrons. The molecular formula is C43H32F2O6S2. The number of hydrogen-bond acceptors (Lipinski definition) is 6. The molecule has 0 heterocycles. The Hall–Kier alpha value is -5.84. The van der Waals surface area contributed by atoms with Gasteiger partial charge in [0.1, 0.15) is 32.9 Å². The molecule has 0 radical (unpaired) electrons. The Morgan fingerprint density at radius 1 is 0.509 bits per heavy atom. The number of allylic oxidation sites excluding steroid dienone is 2. The molecule has 6 aromatic carbocycles. The van der Waals surface area contributed by atoms with Crippen molar-refractivity contribution in [3.8, 4) is 22.6 Å². The topological polar surface area (TPSA) is 86.7 Å². The van der Waals surface area contributed by atoms with Gasteiger partial charge in [0.05, 0.1) is 5.41 Å². The van der Waals surface area contributed by atoms with Gasteiger partial charge in [-0.3, -0.25) is 0 Å². The molecule has 6 nitrogen and oxygen atoms in total. The van der Waals surface area contributed by atoms with E-state index >= 15 is 0 Å². The summed E-state index contributed by atoms with van der Waals surface area (Å²) in [5.41, 5.74) is 5.48. The summed E-state index contributed by atoms with van der Waals surface area (Å²) >= 11 is 0. The lowest BCUT2D eigenvalue weighted by Gasteiger charge is -2.34. The van der Waals surface area contributed by atoms with E-state index in [2.05, 4.69) is 12.1 Å². The summed E-state index contributed by atoms with van der Waals surface area (Å²) in [7, 11) is -8.62. The van der Waals surface area contributed by atoms with Crippen molar-refractivity contribution < 1.29 is 34.0 Å². The monoisotopic (exact) mass is 746 g/mol. The first-order chi connectivity index (χ1) is 25.5. The van der Waals surface area contributed by atoms with Gasteiger partial charge in [-0.2, -0.15) is 16.8 Å². The van der Waals surface area contributed by atoms with Crippen molar-refractivity contribution in [2.45, 2.75) is 29.1 Å². The van der Waals surface area contributed by atoms with Crippen LogP contribution < -0.4 is 8.37 Å². The lowest BCUT2D eigenvalue weighted by Crippen LogP contribution is -2.29. The zero-order chi connectivity index (χ0) is 37.4. The number of fused-ring (bicyclic) bond motifs is 3. The van der Waals surface area contributed by atoms with E-state index in [1.54, 1.807) is 36.4 Å². The highest BCUT2D eigenvalue weighted by atomic mass is 32.2. The molecule has 0 spiro atoms. The Kier molecular flexibility index (Phi) is 9.36. The van der Waals surface area contributed by atoms with Gasteiger partial charge in [-0.1, -0.05) is 85.0 Å². The zero-order valence-corrected chi connectivity index (χ0v) is 30.2. The van der Waals surface area contributed by atoms with Crippen LogP contribution in [0.25, 0.3) is 23.3 Å². The Morgan fingerprint density at radius 3 is 1.26 bits per heavy atom. The highest BCUT2D eigenvalue weighted by molar-refractivity contribution is 7.87. The summed E-state index contributed by atoms with van der Waals surface area (Å²) < 4.78 is 91.8. The summed E-state index contributed by atoms with van der Waals surface area (Å²) in [4.78, 5) is -0.380. The molecule has 6 aromatic rings. The average molecular weight is 747 g/mol. The standard InChI is InChI=1S/C43H32F2O6S2/c1-3-9-29-27-31(15-25-41(29)50-52(46,47)35-21-17-33(44)18-22-35)43(39-13-7-5-11-37(39)38-12-6-8-14-40(38)43)32-16-26-42(30(28-32)10-4-2)51-53(48,49)36-23-19-34(45)20-24-36/h3-28H,1-2H3. The highest BCUT2D eigenvalue weighted by Gasteiger charge is 2.46. The molecule has 0 atom stereocenters. The predicted octanol–water partition coefficient (Wildman–Crippen LogP) is 9.93. The van der Waals surface area contributed by atoms with Gasteiger partial charge in [-0.15, -0.1) is 0 Å². The van der Waals surface area contributed by atoms with Crippen molar-refractivity contribution in [3.05, 3.63) is 191 Å². The third-order valence-electron chi connectivity index (χ3n) is 9.13. The first-order valence-corrected chi connectivity index (χ1v) is 19.4. The molecule has 0 aliphatic heterocycles. The van der Waals surface area contributed by atoms with Crippen LogP contribution in [0, 0.1) is 11.6 Å². The van der Waals surface area contributed by atoms with Crippen molar-refractivity contribution in [2.75, 3.05) is 0 Å². The summed E-state index contributed by atoms with van der Waals surface area (Å²) in [6, 6.07) is 35.5. The largest absolute Gasteiger partial charge is 0.378 e. The van der Waals surface area contributed by atoms with Crippen LogP contribution in [0.5, 0.6) is 11.5 Å². The number of halogens is 2. The summed E-state index contributed by atoms with van der Waals surface area (Å²) in [5.74, 6) is -0.987. The van der Waals surface area contributed by atoms with Gasteiger partial charge < -0.3 is 8.37 Å². The minimum Gasteiger partial charge on any atom is -0.378 e. The van der Waals surface area contributed by atoms with Crippen molar-refractivity contribution >= 4 is 32.4 Å². The predicted molar refractivity (Wildman–Crippen MR) is 202 cm³/mol. The van der Waals surface area contributed by atoms with Crippen molar-refractivity contribution in [1.29, 1.82) is 0 Å². The van der Waals surface area contributed by atoms with Gasteiger partial charge in [0.15, 0.2) is 0 Å². The molecule has 0 bridgehead atoms. The van der Waals surface area contributed by atoms with Crippen LogP contribution in [0.1, 0.15) is 47.2 Å². The summed E-state index contributed by atoms with van der Waals surface area (Å²) in [6.07, 6.45) is 7.05. The second kappa shape index (κ2) is 13.9. The van der Waals surface area contributed by atoms with Crippen LogP contribution in [-0.2, 0) is 25.7 Å². The van der Waals surface area contributed by atoms with Crippen LogP contribution in [0.15, 0.2) is 155 Å². The van der Waals surface area contributed by atoms with E-state index in [-0.39, 0.29) is 21.3 Å². The van der Waals surface area contributed by atoms with Crippen LogP contribution in [0.3, 0.4) is 0 Å². The van der Waals surface area contributed by atoms with E-state index in [0.717, 1.165) is 81.9 Å². The van der Waals surface area contributed by atoms with E-state index in [9.17, 15) is 25.6 Å². The molecular weight excluding hydrogens is 715 g/mol.